The summed E-state index contributed by atoms with van der Waals surface area (Å²) in [4.78, 5) is 11.4. The van der Waals surface area contributed by atoms with E-state index in [4.69, 9.17) is 11.6 Å². The van der Waals surface area contributed by atoms with E-state index in [1.807, 2.05) is 12.3 Å². The third-order valence-electron chi connectivity index (χ3n) is 2.77. The van der Waals surface area contributed by atoms with Gasteiger partial charge in [0.25, 0.3) is 0 Å². The quantitative estimate of drug-likeness (QED) is 0.767. The zero-order valence-corrected chi connectivity index (χ0v) is 9.33. The normalized spacial score (nSPS) is 13.8. The second-order valence-electron chi connectivity index (χ2n) is 3.75. The highest BCUT2D eigenvalue weighted by atomic mass is 35.5. The lowest BCUT2D eigenvalue weighted by molar-refractivity contribution is 0.985. The van der Waals surface area contributed by atoms with Crippen molar-refractivity contribution >= 4 is 17.7 Å². The Hall–Kier alpha value is -1.61. The van der Waals surface area contributed by atoms with Crippen LogP contribution in [0.1, 0.15) is 17.7 Å². The van der Waals surface area contributed by atoms with Crippen molar-refractivity contribution < 1.29 is 0 Å². The molecule has 0 saturated heterocycles. The molecule has 3 rings (SSSR count). The van der Waals surface area contributed by atoms with Gasteiger partial charge in [-0.2, -0.15) is 0 Å². The van der Waals surface area contributed by atoms with Gasteiger partial charge < -0.3 is 4.98 Å². The highest BCUT2D eigenvalue weighted by Gasteiger charge is 2.14. The summed E-state index contributed by atoms with van der Waals surface area (Å²) >= 11 is 5.80. The Bertz CT molecular complexity index is 557. The minimum atomic E-state index is 0.291. The molecule has 0 aromatic carbocycles. The number of rotatable bonds is 1. The van der Waals surface area contributed by atoms with E-state index in [0.717, 1.165) is 24.1 Å². The monoisotopic (exact) mass is 231 g/mol. The van der Waals surface area contributed by atoms with Crippen LogP contribution < -0.4 is 0 Å². The standard InChI is InChI=1S/C12H10ClN3/c13-12-14-6-5-11(16-12)9-7-15-10-4-2-1-3-8(9)10/h2,4-7,15H,1,3H2. The van der Waals surface area contributed by atoms with E-state index in [0.29, 0.717) is 5.28 Å². The van der Waals surface area contributed by atoms with E-state index in [1.165, 1.54) is 11.3 Å². The van der Waals surface area contributed by atoms with Crippen molar-refractivity contribution in [2.24, 2.45) is 0 Å². The third kappa shape index (κ3) is 1.53. The summed E-state index contributed by atoms with van der Waals surface area (Å²) in [5.74, 6) is 0. The molecule has 4 heteroatoms. The summed E-state index contributed by atoms with van der Waals surface area (Å²) in [6, 6.07) is 1.88. The van der Waals surface area contributed by atoms with Crippen molar-refractivity contribution in [3.05, 3.63) is 41.1 Å². The van der Waals surface area contributed by atoms with E-state index in [2.05, 4.69) is 27.1 Å². The number of H-pyrrole nitrogens is 1. The van der Waals surface area contributed by atoms with Crippen molar-refractivity contribution in [1.29, 1.82) is 0 Å². The van der Waals surface area contributed by atoms with Crippen molar-refractivity contribution in [1.82, 2.24) is 15.0 Å². The van der Waals surface area contributed by atoms with Crippen molar-refractivity contribution in [2.45, 2.75) is 12.8 Å². The molecule has 16 heavy (non-hydrogen) atoms. The predicted molar refractivity (Wildman–Crippen MR) is 64.2 cm³/mol. The van der Waals surface area contributed by atoms with Gasteiger partial charge in [-0.25, -0.2) is 9.97 Å². The molecule has 0 unspecified atom stereocenters. The molecule has 0 aliphatic heterocycles. The molecule has 0 fully saturated rings. The lowest BCUT2D eigenvalue weighted by Crippen LogP contribution is -1.94. The number of nitrogens with zero attached hydrogens (tertiary/aromatic N) is 2. The SMILES string of the molecule is Clc1nccc(-c2c[nH]c3c2CCC=C3)n1. The molecule has 0 bridgehead atoms. The third-order valence-corrected chi connectivity index (χ3v) is 2.95. The maximum absolute atomic E-state index is 5.80. The second-order valence-corrected chi connectivity index (χ2v) is 4.08. The minimum absolute atomic E-state index is 0.291. The van der Waals surface area contributed by atoms with Gasteiger partial charge in [0.05, 0.1) is 5.69 Å². The number of aromatic amines is 1. The molecule has 0 radical (unpaired) electrons. The fraction of sp³-hybridized carbons (Fsp3) is 0.167. The Morgan fingerprint density at radius 2 is 2.31 bits per heavy atom. The molecule has 0 atom stereocenters. The molecule has 0 amide bonds. The molecule has 2 aromatic heterocycles. The molecule has 1 aliphatic rings. The van der Waals surface area contributed by atoms with Crippen LogP contribution in [0.5, 0.6) is 0 Å². The van der Waals surface area contributed by atoms with Crippen molar-refractivity contribution in [3.8, 4) is 11.3 Å². The van der Waals surface area contributed by atoms with Gasteiger partial charge in [0.15, 0.2) is 0 Å². The number of fused-ring (bicyclic) bond motifs is 1. The second kappa shape index (κ2) is 3.76. The molecular formula is C12H10ClN3. The molecule has 2 heterocycles. The number of allylic oxidation sites excluding steroid dienone is 1. The van der Waals surface area contributed by atoms with Gasteiger partial charge in [0.2, 0.25) is 5.28 Å². The number of hydrogen-bond donors (Lipinski definition) is 1. The topological polar surface area (TPSA) is 41.6 Å². The average molecular weight is 232 g/mol. The summed E-state index contributed by atoms with van der Waals surface area (Å²) in [5.41, 5.74) is 4.50. The summed E-state index contributed by atoms with van der Waals surface area (Å²) in [7, 11) is 0. The molecule has 3 nitrogen and oxygen atoms in total. The van der Waals surface area contributed by atoms with Gasteiger partial charge in [-0.15, -0.1) is 0 Å². The molecule has 1 N–H and O–H groups in total. The van der Waals surface area contributed by atoms with Crippen LogP contribution in [0.4, 0.5) is 0 Å². The van der Waals surface area contributed by atoms with Gasteiger partial charge in [0, 0.05) is 23.7 Å². The summed E-state index contributed by atoms with van der Waals surface area (Å²) in [6.07, 6.45) is 10.1. The van der Waals surface area contributed by atoms with Crippen LogP contribution in [0.25, 0.3) is 17.3 Å². The summed E-state index contributed by atoms with van der Waals surface area (Å²) in [6.45, 7) is 0. The summed E-state index contributed by atoms with van der Waals surface area (Å²) < 4.78 is 0. The van der Waals surface area contributed by atoms with Gasteiger partial charge >= 0.3 is 0 Å². The first-order valence-electron chi connectivity index (χ1n) is 5.20. The lowest BCUT2D eigenvalue weighted by Gasteiger charge is -2.07. The Labute approximate surface area is 98.2 Å². The average Bonchev–Trinajstić information content (AvgIpc) is 2.72. The highest BCUT2D eigenvalue weighted by molar-refractivity contribution is 6.28. The minimum Gasteiger partial charge on any atom is -0.361 e. The van der Waals surface area contributed by atoms with Crippen LogP contribution in [0.15, 0.2) is 24.5 Å². The highest BCUT2D eigenvalue weighted by Crippen LogP contribution is 2.29. The van der Waals surface area contributed by atoms with E-state index in [-0.39, 0.29) is 0 Å². The predicted octanol–water partition coefficient (Wildman–Crippen LogP) is 3.08. The molecule has 80 valence electrons. The van der Waals surface area contributed by atoms with E-state index in [9.17, 15) is 0 Å². The van der Waals surface area contributed by atoms with Crippen LogP contribution in [0, 0.1) is 0 Å². The molecule has 0 spiro atoms. The van der Waals surface area contributed by atoms with Gasteiger partial charge in [-0.3, -0.25) is 0 Å². The molecule has 1 aliphatic carbocycles. The Morgan fingerprint density at radius 1 is 1.38 bits per heavy atom. The van der Waals surface area contributed by atoms with Crippen molar-refractivity contribution in [3.63, 3.8) is 0 Å². The van der Waals surface area contributed by atoms with Crippen LogP contribution in [-0.2, 0) is 6.42 Å². The van der Waals surface area contributed by atoms with Crippen molar-refractivity contribution in [2.75, 3.05) is 0 Å². The summed E-state index contributed by atoms with van der Waals surface area (Å²) in [5, 5.41) is 0.291. The van der Waals surface area contributed by atoms with Gasteiger partial charge in [-0.05, 0) is 42.1 Å². The fourth-order valence-corrected chi connectivity index (χ4v) is 2.18. The zero-order valence-electron chi connectivity index (χ0n) is 8.57. The fourth-order valence-electron chi connectivity index (χ4n) is 2.03. The molecule has 2 aromatic rings. The Morgan fingerprint density at radius 3 is 3.19 bits per heavy atom. The number of hydrogen-bond acceptors (Lipinski definition) is 2. The molecular weight excluding hydrogens is 222 g/mol. The van der Waals surface area contributed by atoms with Crippen LogP contribution >= 0.6 is 11.6 Å². The van der Waals surface area contributed by atoms with Crippen LogP contribution in [-0.4, -0.2) is 15.0 Å². The van der Waals surface area contributed by atoms with Crippen LogP contribution in [0.2, 0.25) is 5.28 Å². The maximum atomic E-state index is 5.80. The number of halogens is 1. The Kier molecular flexibility index (Phi) is 2.26. The van der Waals surface area contributed by atoms with E-state index >= 15 is 0 Å². The van der Waals surface area contributed by atoms with Gasteiger partial charge in [-0.1, -0.05) is 6.08 Å². The zero-order chi connectivity index (χ0) is 11.0. The van der Waals surface area contributed by atoms with Gasteiger partial charge in [0.1, 0.15) is 0 Å². The van der Waals surface area contributed by atoms with E-state index in [1.54, 1.807) is 6.20 Å². The maximum Gasteiger partial charge on any atom is 0.222 e. The molecule has 0 saturated carbocycles. The number of nitrogens with one attached hydrogen (secondary N) is 1. The van der Waals surface area contributed by atoms with Crippen LogP contribution in [0.3, 0.4) is 0 Å². The first kappa shape index (κ1) is 9.60. The van der Waals surface area contributed by atoms with E-state index < -0.39 is 0 Å². The largest absolute Gasteiger partial charge is 0.361 e. The first-order chi connectivity index (χ1) is 7.84. The number of aromatic nitrogens is 3. The first-order valence-corrected chi connectivity index (χ1v) is 5.58. The smallest absolute Gasteiger partial charge is 0.222 e. The Balaban J connectivity index is 2.14. The lowest BCUT2D eigenvalue weighted by atomic mass is 9.99.